The van der Waals surface area contributed by atoms with E-state index in [9.17, 15) is 16.8 Å². The van der Waals surface area contributed by atoms with Gasteiger partial charge in [0.05, 0.1) is 15.5 Å². The van der Waals surface area contributed by atoms with Gasteiger partial charge in [0, 0.05) is 5.69 Å². The predicted octanol–water partition coefficient (Wildman–Crippen LogP) is 3.16. The fourth-order valence-corrected chi connectivity index (χ4v) is 4.98. The maximum atomic E-state index is 12.6. The highest BCUT2D eigenvalue weighted by Crippen LogP contribution is 2.25. The van der Waals surface area contributed by atoms with Crippen LogP contribution in [-0.4, -0.2) is 22.6 Å². The van der Waals surface area contributed by atoms with Crippen molar-refractivity contribution in [2.24, 2.45) is 0 Å². The lowest BCUT2D eigenvalue weighted by Gasteiger charge is -2.17. The van der Waals surface area contributed by atoms with Gasteiger partial charge in [0.1, 0.15) is 0 Å². The first-order valence-corrected chi connectivity index (χ1v) is 11.4. The summed E-state index contributed by atoms with van der Waals surface area (Å²) in [5.41, 5.74) is 2.66. The van der Waals surface area contributed by atoms with Gasteiger partial charge in [-0.1, -0.05) is 13.0 Å². The molecule has 25 heavy (non-hydrogen) atoms. The van der Waals surface area contributed by atoms with Gasteiger partial charge < -0.3 is 0 Å². The molecule has 2 aromatic rings. The lowest BCUT2D eigenvalue weighted by molar-refractivity contribution is 0.597. The van der Waals surface area contributed by atoms with Crippen molar-refractivity contribution < 1.29 is 16.8 Å². The highest BCUT2D eigenvalue weighted by atomic mass is 32.2. The third kappa shape index (κ3) is 3.88. The number of anilines is 1. The fraction of sp³-hybridized carbons (Fsp3) is 0.333. The highest BCUT2D eigenvalue weighted by Gasteiger charge is 2.18. The van der Waals surface area contributed by atoms with Gasteiger partial charge in [-0.25, -0.2) is 16.8 Å². The first-order chi connectivity index (χ1) is 11.8. The Balaban J connectivity index is 1.84. The van der Waals surface area contributed by atoms with Gasteiger partial charge in [-0.3, -0.25) is 4.72 Å². The Morgan fingerprint density at radius 2 is 1.44 bits per heavy atom. The van der Waals surface area contributed by atoms with Gasteiger partial charge >= 0.3 is 0 Å². The maximum absolute atomic E-state index is 12.6. The van der Waals surface area contributed by atoms with Crippen molar-refractivity contribution in [2.75, 3.05) is 10.5 Å². The standard InChI is InChI=1S/C18H21NO4S2/c1-2-24(20,21)17-11-8-16(9-12-17)19-25(22,23)18-10-7-14-5-3-4-6-15(14)13-18/h7-13,19H,2-6H2,1H3. The largest absolute Gasteiger partial charge is 0.280 e. The molecule has 0 bridgehead atoms. The van der Waals surface area contributed by atoms with Gasteiger partial charge in [-0.2, -0.15) is 0 Å². The number of sulfonamides is 1. The van der Waals surface area contributed by atoms with Crippen LogP contribution in [0.3, 0.4) is 0 Å². The van der Waals surface area contributed by atoms with Crippen LogP contribution >= 0.6 is 0 Å². The molecule has 134 valence electrons. The Morgan fingerprint density at radius 3 is 2.08 bits per heavy atom. The second-order valence-electron chi connectivity index (χ2n) is 6.17. The molecule has 0 fully saturated rings. The topological polar surface area (TPSA) is 80.3 Å². The highest BCUT2D eigenvalue weighted by molar-refractivity contribution is 7.92. The molecule has 1 aliphatic carbocycles. The van der Waals surface area contributed by atoms with Crippen LogP contribution in [0.4, 0.5) is 5.69 Å². The van der Waals surface area contributed by atoms with E-state index in [0.717, 1.165) is 31.2 Å². The zero-order valence-electron chi connectivity index (χ0n) is 14.0. The van der Waals surface area contributed by atoms with E-state index in [0.29, 0.717) is 5.69 Å². The van der Waals surface area contributed by atoms with Crippen LogP contribution in [0.5, 0.6) is 0 Å². The monoisotopic (exact) mass is 379 g/mol. The normalized spacial score (nSPS) is 14.8. The van der Waals surface area contributed by atoms with E-state index in [-0.39, 0.29) is 15.5 Å². The SMILES string of the molecule is CCS(=O)(=O)c1ccc(NS(=O)(=O)c2ccc3c(c2)CCCC3)cc1. The molecule has 0 aromatic heterocycles. The van der Waals surface area contributed by atoms with Crippen molar-refractivity contribution in [3.05, 3.63) is 53.6 Å². The maximum Gasteiger partial charge on any atom is 0.261 e. The molecule has 0 unspecified atom stereocenters. The summed E-state index contributed by atoms with van der Waals surface area (Å²) in [5, 5.41) is 0. The molecule has 2 aromatic carbocycles. The number of benzene rings is 2. The average Bonchev–Trinajstić information content (AvgIpc) is 2.61. The Labute approximate surface area is 149 Å². The molecular formula is C18H21NO4S2. The minimum Gasteiger partial charge on any atom is -0.280 e. The molecule has 0 aliphatic heterocycles. The van der Waals surface area contributed by atoms with Crippen LogP contribution < -0.4 is 4.72 Å². The molecule has 3 rings (SSSR count). The molecule has 0 heterocycles. The number of hydrogen-bond donors (Lipinski definition) is 1. The Bertz CT molecular complexity index is 978. The Kier molecular flexibility index (Phi) is 4.88. The summed E-state index contributed by atoms with van der Waals surface area (Å²) in [5.74, 6) is 0.00714. The predicted molar refractivity (Wildman–Crippen MR) is 98.1 cm³/mol. The first kappa shape index (κ1) is 17.9. The zero-order chi connectivity index (χ0) is 18.1. The zero-order valence-corrected chi connectivity index (χ0v) is 15.7. The van der Waals surface area contributed by atoms with Crippen LogP contribution in [0.25, 0.3) is 0 Å². The molecule has 7 heteroatoms. The molecular weight excluding hydrogens is 358 g/mol. The number of rotatable bonds is 5. The number of sulfone groups is 1. The first-order valence-electron chi connectivity index (χ1n) is 8.29. The second-order valence-corrected chi connectivity index (χ2v) is 10.1. The summed E-state index contributed by atoms with van der Waals surface area (Å²) >= 11 is 0. The summed E-state index contributed by atoms with van der Waals surface area (Å²) < 4.78 is 51.3. The van der Waals surface area contributed by atoms with E-state index in [4.69, 9.17) is 0 Å². The van der Waals surface area contributed by atoms with E-state index < -0.39 is 19.9 Å². The summed E-state index contributed by atoms with van der Waals surface area (Å²) in [6.45, 7) is 1.57. The van der Waals surface area contributed by atoms with Gasteiger partial charge in [0.2, 0.25) is 0 Å². The third-order valence-electron chi connectivity index (χ3n) is 4.48. The van der Waals surface area contributed by atoms with E-state index in [1.54, 1.807) is 19.1 Å². The van der Waals surface area contributed by atoms with Crippen molar-refractivity contribution in [3.63, 3.8) is 0 Å². The molecule has 1 aliphatic rings. The van der Waals surface area contributed by atoms with Gasteiger partial charge in [0.25, 0.3) is 10.0 Å². The molecule has 1 N–H and O–H groups in total. The van der Waals surface area contributed by atoms with E-state index in [2.05, 4.69) is 4.72 Å². The number of hydrogen-bond acceptors (Lipinski definition) is 4. The minimum atomic E-state index is -3.70. The number of nitrogens with one attached hydrogen (secondary N) is 1. The third-order valence-corrected chi connectivity index (χ3v) is 7.61. The lowest BCUT2D eigenvalue weighted by Crippen LogP contribution is -2.14. The van der Waals surface area contributed by atoms with Crippen LogP contribution in [0, 0.1) is 0 Å². The van der Waals surface area contributed by atoms with Crippen molar-refractivity contribution in [1.82, 2.24) is 0 Å². The molecule has 0 atom stereocenters. The van der Waals surface area contributed by atoms with Crippen molar-refractivity contribution in [1.29, 1.82) is 0 Å². The lowest BCUT2D eigenvalue weighted by atomic mass is 9.92. The Morgan fingerprint density at radius 1 is 0.840 bits per heavy atom. The fourth-order valence-electron chi connectivity index (χ4n) is 2.99. The van der Waals surface area contributed by atoms with Gasteiger partial charge in [-0.15, -0.1) is 0 Å². The smallest absolute Gasteiger partial charge is 0.261 e. The summed E-state index contributed by atoms with van der Waals surface area (Å²) in [4.78, 5) is 0.421. The van der Waals surface area contributed by atoms with E-state index in [1.165, 1.54) is 29.8 Å². The molecule has 0 radical (unpaired) electrons. The molecule has 5 nitrogen and oxygen atoms in total. The molecule has 0 saturated heterocycles. The second kappa shape index (κ2) is 6.80. The Hall–Kier alpha value is -1.86. The quantitative estimate of drug-likeness (QED) is 0.865. The van der Waals surface area contributed by atoms with E-state index >= 15 is 0 Å². The molecule has 0 saturated carbocycles. The van der Waals surface area contributed by atoms with Crippen molar-refractivity contribution >= 4 is 25.5 Å². The van der Waals surface area contributed by atoms with E-state index in [1.807, 2.05) is 6.07 Å². The van der Waals surface area contributed by atoms with Crippen LogP contribution in [-0.2, 0) is 32.7 Å². The van der Waals surface area contributed by atoms with Crippen molar-refractivity contribution in [3.8, 4) is 0 Å². The van der Waals surface area contributed by atoms with Crippen LogP contribution in [0.1, 0.15) is 30.9 Å². The van der Waals surface area contributed by atoms with Gasteiger partial charge in [0.15, 0.2) is 9.84 Å². The van der Waals surface area contributed by atoms with Gasteiger partial charge in [-0.05, 0) is 73.2 Å². The summed E-state index contributed by atoms with van der Waals surface area (Å²) in [7, 11) is -7.00. The van der Waals surface area contributed by atoms with Crippen LogP contribution in [0.15, 0.2) is 52.3 Å². The molecule has 0 spiro atoms. The minimum absolute atomic E-state index is 0.00714. The number of aryl methyl sites for hydroxylation is 2. The van der Waals surface area contributed by atoms with Crippen molar-refractivity contribution in [2.45, 2.75) is 42.4 Å². The molecule has 0 amide bonds. The van der Waals surface area contributed by atoms with Crippen LogP contribution in [0.2, 0.25) is 0 Å². The summed E-state index contributed by atoms with van der Waals surface area (Å²) in [6.07, 6.45) is 4.13. The number of fused-ring (bicyclic) bond motifs is 1. The summed E-state index contributed by atoms with van der Waals surface area (Å²) in [6, 6.07) is 11.0. The average molecular weight is 380 g/mol.